The molecule has 2 aromatic rings. The highest BCUT2D eigenvalue weighted by atomic mass is 35.5. The van der Waals surface area contributed by atoms with Crippen LogP contribution in [0.25, 0.3) is 0 Å². The van der Waals surface area contributed by atoms with Crippen molar-refractivity contribution in [2.24, 2.45) is 4.99 Å². The van der Waals surface area contributed by atoms with Crippen LogP contribution in [0.1, 0.15) is 36.0 Å². The molecule has 3 rings (SSSR count). The molecule has 0 amide bonds. The fraction of sp³-hybridized carbons (Fsp3) is 0.286. The zero-order chi connectivity index (χ0) is 19.2. The predicted octanol–water partition coefficient (Wildman–Crippen LogP) is 5.92. The SMILES string of the molecule is C=C(CCc1ccc(Cl)c(F)c1)SC1=CC(c2cnncc2C)=NCCC1. The number of hydrogen-bond donors (Lipinski definition) is 0. The van der Waals surface area contributed by atoms with E-state index in [0.29, 0.717) is 0 Å². The van der Waals surface area contributed by atoms with Crippen molar-refractivity contribution in [2.45, 2.75) is 32.6 Å². The van der Waals surface area contributed by atoms with Gasteiger partial charge in [-0.1, -0.05) is 36.0 Å². The number of halogens is 2. The molecule has 0 aliphatic carbocycles. The van der Waals surface area contributed by atoms with Gasteiger partial charge in [0.2, 0.25) is 0 Å². The van der Waals surface area contributed by atoms with Gasteiger partial charge in [0.05, 0.1) is 23.1 Å². The lowest BCUT2D eigenvalue weighted by molar-refractivity contribution is 0.625. The summed E-state index contributed by atoms with van der Waals surface area (Å²) in [5.41, 5.74) is 3.96. The van der Waals surface area contributed by atoms with E-state index in [9.17, 15) is 4.39 Å². The van der Waals surface area contributed by atoms with Crippen molar-refractivity contribution in [3.05, 3.63) is 80.6 Å². The lowest BCUT2D eigenvalue weighted by Gasteiger charge is -2.09. The first-order valence-electron chi connectivity index (χ1n) is 8.85. The van der Waals surface area contributed by atoms with Gasteiger partial charge in [-0.3, -0.25) is 4.99 Å². The first-order chi connectivity index (χ1) is 13.0. The minimum Gasteiger partial charge on any atom is -0.285 e. The second-order valence-corrected chi connectivity index (χ2v) is 8.17. The zero-order valence-corrected chi connectivity index (χ0v) is 16.8. The molecule has 0 saturated carbocycles. The van der Waals surface area contributed by atoms with Crippen LogP contribution in [-0.2, 0) is 6.42 Å². The smallest absolute Gasteiger partial charge is 0.142 e. The summed E-state index contributed by atoms with van der Waals surface area (Å²) in [6.07, 6.45) is 9.16. The molecular weight excluding hydrogens is 381 g/mol. The Morgan fingerprint density at radius 3 is 2.89 bits per heavy atom. The maximum atomic E-state index is 13.6. The summed E-state index contributed by atoms with van der Waals surface area (Å²) < 4.78 is 13.6. The number of rotatable bonds is 6. The molecule has 1 aromatic heterocycles. The van der Waals surface area contributed by atoms with Gasteiger partial charge in [0.1, 0.15) is 5.82 Å². The summed E-state index contributed by atoms with van der Waals surface area (Å²) in [6, 6.07) is 4.96. The lowest BCUT2D eigenvalue weighted by Crippen LogP contribution is -2.02. The number of allylic oxidation sites excluding steroid dienone is 3. The predicted molar refractivity (Wildman–Crippen MR) is 112 cm³/mol. The first-order valence-corrected chi connectivity index (χ1v) is 10.0. The molecule has 6 heteroatoms. The molecule has 0 atom stereocenters. The molecule has 2 heterocycles. The van der Waals surface area contributed by atoms with Crippen molar-refractivity contribution in [1.82, 2.24) is 10.2 Å². The molecule has 1 aliphatic heterocycles. The average Bonchev–Trinajstić information content (AvgIpc) is 2.88. The molecule has 27 heavy (non-hydrogen) atoms. The van der Waals surface area contributed by atoms with Gasteiger partial charge in [-0.2, -0.15) is 10.2 Å². The van der Waals surface area contributed by atoms with Crippen molar-refractivity contribution < 1.29 is 4.39 Å². The van der Waals surface area contributed by atoms with Gasteiger partial charge in [-0.25, -0.2) is 4.39 Å². The van der Waals surface area contributed by atoms with Crippen molar-refractivity contribution >= 4 is 29.1 Å². The molecule has 0 bridgehead atoms. The Balaban J connectivity index is 1.65. The Hall–Kier alpha value is -1.98. The minimum absolute atomic E-state index is 0.156. The lowest BCUT2D eigenvalue weighted by atomic mass is 10.1. The Morgan fingerprint density at radius 1 is 1.30 bits per heavy atom. The van der Waals surface area contributed by atoms with Crippen LogP contribution in [0, 0.1) is 12.7 Å². The van der Waals surface area contributed by atoms with E-state index in [1.165, 1.54) is 11.0 Å². The Labute approximate surface area is 168 Å². The second kappa shape index (κ2) is 9.29. The molecule has 1 aliphatic rings. The van der Waals surface area contributed by atoms with E-state index >= 15 is 0 Å². The van der Waals surface area contributed by atoms with E-state index in [-0.39, 0.29) is 10.8 Å². The first kappa shape index (κ1) is 19.8. The number of aliphatic imine (C=N–C) groups is 1. The highest BCUT2D eigenvalue weighted by Crippen LogP contribution is 2.32. The number of benzene rings is 1. The fourth-order valence-electron chi connectivity index (χ4n) is 2.83. The quantitative estimate of drug-likeness (QED) is 0.602. The van der Waals surface area contributed by atoms with E-state index < -0.39 is 0 Å². The van der Waals surface area contributed by atoms with Crippen molar-refractivity contribution in [2.75, 3.05) is 6.54 Å². The minimum atomic E-state index is -0.374. The molecule has 0 unspecified atom stereocenters. The van der Waals surface area contributed by atoms with Crippen LogP contribution in [0.15, 0.2) is 58.1 Å². The molecule has 0 saturated heterocycles. The van der Waals surface area contributed by atoms with Crippen LogP contribution in [0.4, 0.5) is 4.39 Å². The highest BCUT2D eigenvalue weighted by molar-refractivity contribution is 8.06. The molecular formula is C21H21ClFN3S. The van der Waals surface area contributed by atoms with Crippen LogP contribution in [0.2, 0.25) is 5.02 Å². The second-order valence-electron chi connectivity index (χ2n) is 6.46. The van der Waals surface area contributed by atoms with Gasteiger partial charge in [0.15, 0.2) is 0 Å². The number of thioether (sulfide) groups is 1. The van der Waals surface area contributed by atoms with Gasteiger partial charge >= 0.3 is 0 Å². The van der Waals surface area contributed by atoms with E-state index in [1.807, 2.05) is 13.0 Å². The summed E-state index contributed by atoms with van der Waals surface area (Å²) in [4.78, 5) is 7.00. The van der Waals surface area contributed by atoms with E-state index in [2.05, 4.69) is 22.9 Å². The van der Waals surface area contributed by atoms with E-state index in [0.717, 1.165) is 59.5 Å². The molecule has 140 valence electrons. The Bertz CT molecular complexity index is 908. The van der Waals surface area contributed by atoms with Crippen molar-refractivity contribution in [3.8, 4) is 0 Å². The summed E-state index contributed by atoms with van der Waals surface area (Å²) in [5, 5.41) is 8.06. The van der Waals surface area contributed by atoms with Gasteiger partial charge < -0.3 is 0 Å². The maximum absolute atomic E-state index is 13.6. The Morgan fingerprint density at radius 2 is 2.11 bits per heavy atom. The van der Waals surface area contributed by atoms with Crippen LogP contribution in [0.5, 0.6) is 0 Å². The molecule has 1 aromatic carbocycles. The van der Waals surface area contributed by atoms with E-state index in [4.69, 9.17) is 16.6 Å². The normalized spacial score (nSPS) is 14.3. The zero-order valence-electron chi connectivity index (χ0n) is 15.2. The van der Waals surface area contributed by atoms with Crippen molar-refractivity contribution in [3.63, 3.8) is 0 Å². The summed E-state index contributed by atoms with van der Waals surface area (Å²) >= 11 is 7.43. The third kappa shape index (κ3) is 5.50. The average molecular weight is 402 g/mol. The Kier molecular flexibility index (Phi) is 6.80. The third-order valence-electron chi connectivity index (χ3n) is 4.32. The van der Waals surface area contributed by atoms with Gasteiger partial charge in [0, 0.05) is 12.1 Å². The van der Waals surface area contributed by atoms with Crippen LogP contribution >= 0.6 is 23.4 Å². The number of hydrogen-bond acceptors (Lipinski definition) is 4. The van der Waals surface area contributed by atoms with Gasteiger partial charge in [0.25, 0.3) is 0 Å². The number of nitrogens with zero attached hydrogens (tertiary/aromatic N) is 3. The van der Waals surface area contributed by atoms with Crippen LogP contribution < -0.4 is 0 Å². The van der Waals surface area contributed by atoms with Crippen LogP contribution in [-0.4, -0.2) is 22.5 Å². The third-order valence-corrected chi connectivity index (χ3v) is 5.70. The summed E-state index contributed by atoms with van der Waals surface area (Å²) in [5.74, 6) is -0.374. The van der Waals surface area contributed by atoms with Gasteiger partial charge in [-0.05, 0) is 71.8 Å². The molecule has 0 fully saturated rings. The molecule has 0 radical (unpaired) electrons. The standard InChI is InChI=1S/C21H21ClFN3S/c1-14-12-25-26-13-18(14)21-11-17(4-3-9-24-21)27-15(2)5-6-16-7-8-19(22)20(23)10-16/h7-8,10-13H,2-6,9H2,1H3. The summed E-state index contributed by atoms with van der Waals surface area (Å²) in [7, 11) is 0. The summed E-state index contributed by atoms with van der Waals surface area (Å²) in [6.45, 7) is 7.01. The maximum Gasteiger partial charge on any atom is 0.142 e. The van der Waals surface area contributed by atoms with Gasteiger partial charge in [-0.15, -0.1) is 0 Å². The molecule has 0 N–H and O–H groups in total. The molecule has 3 nitrogen and oxygen atoms in total. The number of aryl methyl sites for hydroxylation is 2. The van der Waals surface area contributed by atoms with E-state index in [1.54, 1.807) is 30.2 Å². The highest BCUT2D eigenvalue weighted by Gasteiger charge is 2.12. The monoisotopic (exact) mass is 401 g/mol. The van der Waals surface area contributed by atoms with Crippen molar-refractivity contribution in [1.29, 1.82) is 0 Å². The van der Waals surface area contributed by atoms with Crippen LogP contribution in [0.3, 0.4) is 0 Å². The molecule has 0 spiro atoms. The number of aromatic nitrogens is 2. The topological polar surface area (TPSA) is 38.1 Å². The largest absolute Gasteiger partial charge is 0.285 e. The fourth-order valence-corrected chi connectivity index (χ4v) is 3.94.